The van der Waals surface area contributed by atoms with Gasteiger partial charge < -0.3 is 10.3 Å². The number of aromatic nitrogens is 4. The Bertz CT molecular complexity index is 1260. The largest absolute Gasteiger partial charge is 0.354 e. The summed E-state index contributed by atoms with van der Waals surface area (Å²) in [5.74, 6) is -2.01. The number of hydrogen-bond donors (Lipinski definition) is 2. The van der Waals surface area contributed by atoms with Crippen molar-refractivity contribution >= 4 is 16.8 Å². The number of carbonyl (C=O) groups excluding carboxylic acids is 1. The van der Waals surface area contributed by atoms with Gasteiger partial charge in [0, 0.05) is 23.9 Å². The van der Waals surface area contributed by atoms with Crippen LogP contribution in [0.15, 0.2) is 49.1 Å². The van der Waals surface area contributed by atoms with E-state index in [-0.39, 0.29) is 29.1 Å². The maximum absolute atomic E-state index is 14.5. The highest BCUT2D eigenvalue weighted by molar-refractivity contribution is 5.92. The summed E-state index contributed by atoms with van der Waals surface area (Å²) < 4.78 is 43.5. The summed E-state index contributed by atoms with van der Waals surface area (Å²) in [5.41, 5.74) is 2.27. The average Bonchev–Trinajstić information content (AvgIpc) is 3.36. The zero-order chi connectivity index (χ0) is 22.2. The van der Waals surface area contributed by atoms with Crippen LogP contribution >= 0.6 is 0 Å². The molecule has 2 aromatic carbocycles. The third kappa shape index (κ3) is 3.74. The lowest BCUT2D eigenvalue weighted by atomic mass is 9.70. The van der Waals surface area contributed by atoms with E-state index in [0.29, 0.717) is 42.6 Å². The van der Waals surface area contributed by atoms with Crippen molar-refractivity contribution in [3.05, 3.63) is 72.1 Å². The van der Waals surface area contributed by atoms with E-state index in [1.165, 1.54) is 24.5 Å². The molecule has 5 rings (SSSR count). The summed E-state index contributed by atoms with van der Waals surface area (Å²) in [6, 6.07) is 8.00. The van der Waals surface area contributed by atoms with Gasteiger partial charge in [0.1, 0.15) is 30.1 Å². The Hall–Kier alpha value is -3.62. The normalized spacial score (nSPS) is 18.0. The van der Waals surface area contributed by atoms with Gasteiger partial charge in [-0.1, -0.05) is 0 Å². The van der Waals surface area contributed by atoms with Gasteiger partial charge in [-0.25, -0.2) is 18.2 Å². The Kier molecular flexibility index (Phi) is 5.16. The molecule has 0 atom stereocenters. The van der Waals surface area contributed by atoms with E-state index in [1.807, 2.05) is 0 Å². The molecular weight excluding hydrogens is 419 g/mol. The first-order chi connectivity index (χ1) is 15.5. The SMILES string of the molecule is O=C(NCCn1cncn1)C1CC(c2c(-c3ccc(F)cc3)[nH]c3c(F)cc(F)cc23)C1. The molecule has 2 aromatic heterocycles. The van der Waals surface area contributed by atoms with Gasteiger partial charge in [-0.15, -0.1) is 0 Å². The third-order valence-corrected chi connectivity index (χ3v) is 6.02. The van der Waals surface area contributed by atoms with Crippen LogP contribution in [0.1, 0.15) is 24.3 Å². The molecule has 0 aliphatic heterocycles. The number of halogens is 3. The molecule has 1 amide bonds. The summed E-state index contributed by atoms with van der Waals surface area (Å²) in [7, 11) is 0. The highest BCUT2D eigenvalue weighted by atomic mass is 19.1. The van der Waals surface area contributed by atoms with Crippen LogP contribution in [0.5, 0.6) is 0 Å². The fourth-order valence-electron chi connectivity index (χ4n) is 4.36. The quantitative estimate of drug-likeness (QED) is 0.474. The first-order valence-corrected chi connectivity index (χ1v) is 10.4. The second-order valence-electron chi connectivity index (χ2n) is 8.05. The van der Waals surface area contributed by atoms with Crippen LogP contribution in [0.25, 0.3) is 22.2 Å². The lowest BCUT2D eigenvalue weighted by Gasteiger charge is -2.35. The van der Waals surface area contributed by atoms with Gasteiger partial charge >= 0.3 is 0 Å². The molecule has 0 unspecified atom stereocenters. The number of H-pyrrole nitrogens is 1. The van der Waals surface area contributed by atoms with Gasteiger partial charge in [0.05, 0.1) is 17.8 Å². The predicted molar refractivity (Wildman–Crippen MR) is 112 cm³/mol. The van der Waals surface area contributed by atoms with E-state index in [2.05, 4.69) is 20.4 Å². The molecule has 1 aliphatic rings. The number of nitrogens with one attached hydrogen (secondary N) is 2. The maximum atomic E-state index is 14.5. The fourth-order valence-corrected chi connectivity index (χ4v) is 4.36. The second kappa shape index (κ2) is 8.14. The summed E-state index contributed by atoms with van der Waals surface area (Å²) >= 11 is 0. The van der Waals surface area contributed by atoms with E-state index in [1.54, 1.807) is 23.1 Å². The number of fused-ring (bicyclic) bond motifs is 1. The standard InChI is InChI=1S/C23H20F3N5O/c24-16-3-1-13(2-4-16)21-20(18-9-17(25)10-19(26)22(18)30-21)14-7-15(8-14)23(32)28-5-6-31-12-27-11-29-31/h1-4,9-12,14-15,30H,5-8H2,(H,28,32). The van der Waals surface area contributed by atoms with E-state index < -0.39 is 11.6 Å². The van der Waals surface area contributed by atoms with Crippen LogP contribution in [-0.4, -0.2) is 32.2 Å². The lowest BCUT2D eigenvalue weighted by Crippen LogP contribution is -2.39. The van der Waals surface area contributed by atoms with Crippen molar-refractivity contribution in [2.24, 2.45) is 5.92 Å². The zero-order valence-electron chi connectivity index (χ0n) is 17.0. The van der Waals surface area contributed by atoms with Crippen molar-refractivity contribution < 1.29 is 18.0 Å². The summed E-state index contributed by atoms with van der Waals surface area (Å²) in [6.07, 6.45) is 4.14. The molecule has 2 N–H and O–H groups in total. The van der Waals surface area contributed by atoms with Crippen LogP contribution in [0.4, 0.5) is 13.2 Å². The molecule has 6 nitrogen and oxygen atoms in total. The Morgan fingerprint density at radius 3 is 2.62 bits per heavy atom. The molecule has 1 fully saturated rings. The van der Waals surface area contributed by atoms with Gasteiger partial charge in [0.15, 0.2) is 0 Å². The lowest BCUT2D eigenvalue weighted by molar-refractivity contribution is -0.128. The Labute approximate surface area is 181 Å². The highest BCUT2D eigenvalue weighted by Crippen LogP contribution is 2.48. The van der Waals surface area contributed by atoms with Crippen molar-refractivity contribution in [3.8, 4) is 11.3 Å². The number of nitrogens with zero attached hydrogens (tertiary/aromatic N) is 3. The fraction of sp³-hybridized carbons (Fsp3) is 0.261. The average molecular weight is 439 g/mol. The number of aromatic amines is 1. The number of carbonyl (C=O) groups is 1. The molecule has 1 saturated carbocycles. The molecule has 0 saturated heterocycles. The monoisotopic (exact) mass is 439 g/mol. The van der Waals surface area contributed by atoms with Crippen molar-refractivity contribution in [1.82, 2.24) is 25.1 Å². The van der Waals surface area contributed by atoms with Crippen molar-refractivity contribution in [2.75, 3.05) is 6.54 Å². The van der Waals surface area contributed by atoms with Crippen LogP contribution in [0.2, 0.25) is 0 Å². The summed E-state index contributed by atoms with van der Waals surface area (Å²) in [6.45, 7) is 0.964. The van der Waals surface area contributed by atoms with Crippen LogP contribution < -0.4 is 5.32 Å². The molecular formula is C23H20F3N5O. The Balaban J connectivity index is 1.37. The van der Waals surface area contributed by atoms with Gasteiger partial charge in [-0.2, -0.15) is 5.10 Å². The zero-order valence-corrected chi connectivity index (χ0v) is 17.0. The van der Waals surface area contributed by atoms with Gasteiger partial charge in [0.2, 0.25) is 5.91 Å². The number of rotatable bonds is 6. The minimum absolute atomic E-state index is 0.0453. The first-order valence-electron chi connectivity index (χ1n) is 10.4. The second-order valence-corrected chi connectivity index (χ2v) is 8.05. The molecule has 0 bridgehead atoms. The maximum Gasteiger partial charge on any atom is 0.223 e. The minimum atomic E-state index is -0.684. The molecule has 4 aromatic rings. The predicted octanol–water partition coefficient (Wildman–Crippen LogP) is 4.15. The molecule has 0 radical (unpaired) electrons. The van der Waals surface area contributed by atoms with Crippen LogP contribution in [0.3, 0.4) is 0 Å². The Morgan fingerprint density at radius 2 is 1.91 bits per heavy atom. The van der Waals surface area contributed by atoms with Gasteiger partial charge in [-0.3, -0.25) is 9.48 Å². The topological polar surface area (TPSA) is 75.6 Å². The van der Waals surface area contributed by atoms with E-state index in [9.17, 15) is 18.0 Å². The van der Waals surface area contributed by atoms with Gasteiger partial charge in [-0.05, 0) is 60.2 Å². The summed E-state index contributed by atoms with van der Waals surface area (Å²) in [4.78, 5) is 19.4. The van der Waals surface area contributed by atoms with Crippen molar-refractivity contribution in [1.29, 1.82) is 0 Å². The van der Waals surface area contributed by atoms with Crippen molar-refractivity contribution in [2.45, 2.75) is 25.3 Å². The van der Waals surface area contributed by atoms with Crippen molar-refractivity contribution in [3.63, 3.8) is 0 Å². The number of amides is 1. The molecule has 2 heterocycles. The van der Waals surface area contributed by atoms with E-state index in [4.69, 9.17) is 0 Å². The first kappa shape index (κ1) is 20.3. The molecule has 32 heavy (non-hydrogen) atoms. The van der Waals surface area contributed by atoms with Gasteiger partial charge in [0.25, 0.3) is 0 Å². The third-order valence-electron chi connectivity index (χ3n) is 6.02. The number of benzene rings is 2. The highest BCUT2D eigenvalue weighted by Gasteiger charge is 2.38. The smallest absolute Gasteiger partial charge is 0.223 e. The molecule has 164 valence electrons. The molecule has 9 heteroatoms. The minimum Gasteiger partial charge on any atom is -0.354 e. The molecule has 1 aliphatic carbocycles. The number of hydrogen-bond acceptors (Lipinski definition) is 3. The Morgan fingerprint density at radius 1 is 1.12 bits per heavy atom. The van der Waals surface area contributed by atoms with E-state index >= 15 is 0 Å². The van der Waals surface area contributed by atoms with Crippen LogP contribution in [-0.2, 0) is 11.3 Å². The summed E-state index contributed by atoms with van der Waals surface area (Å²) in [5, 5.41) is 7.35. The molecule has 0 spiro atoms. The van der Waals surface area contributed by atoms with E-state index in [0.717, 1.165) is 11.6 Å². The van der Waals surface area contributed by atoms with Crippen LogP contribution in [0, 0.1) is 23.4 Å².